The molecule has 0 radical (unpaired) electrons. The Balaban J connectivity index is 4.21. The normalized spacial score (nSPS) is 14.1. The Hall–Kier alpha value is -0.760. The fraction of sp³-hybridized carbons (Fsp3) is 0.943. The molecule has 0 fully saturated rings. The number of nitrogens with one attached hydrogen (secondary N) is 1. The third-order valence-corrected chi connectivity index (χ3v) is 13.5. The highest BCUT2D eigenvalue weighted by Gasteiger charge is 2.24. The first-order chi connectivity index (χ1) is 30.0. The minimum atomic E-state index is -4.57. The zero-order valence-electron chi connectivity index (χ0n) is 42.1. The zero-order chi connectivity index (χ0) is 45.7. The number of aliphatic hydroxyl groups excluding tert-OH is 1. The number of allylic oxidation sites excluding steroid dienone is 2. The maximum Gasteiger partial charge on any atom is 0.268 e. The van der Waals surface area contributed by atoms with E-state index in [9.17, 15) is 19.4 Å². The second-order valence-corrected chi connectivity index (χ2v) is 21.4. The molecule has 0 aliphatic heterocycles. The molecule has 0 saturated carbocycles. The van der Waals surface area contributed by atoms with Crippen molar-refractivity contribution in [3.8, 4) is 0 Å². The van der Waals surface area contributed by atoms with Crippen LogP contribution in [0.1, 0.15) is 271 Å². The van der Waals surface area contributed by atoms with E-state index in [-0.39, 0.29) is 19.1 Å². The Bertz CT molecular complexity index is 1020. The maximum absolute atomic E-state index is 13.0. The number of hydrogen-bond acceptors (Lipinski definition) is 6. The summed E-state index contributed by atoms with van der Waals surface area (Å²) in [6.07, 6.45) is 53.7. The number of rotatable bonds is 50. The summed E-state index contributed by atoms with van der Waals surface area (Å²) in [5.41, 5.74) is 0. The number of aliphatic hydroxyl groups is 1. The van der Waals surface area contributed by atoms with Gasteiger partial charge in [0.1, 0.15) is 13.2 Å². The molecule has 8 nitrogen and oxygen atoms in total. The van der Waals surface area contributed by atoms with Gasteiger partial charge in [-0.25, -0.2) is 0 Å². The van der Waals surface area contributed by atoms with Crippen LogP contribution in [0.2, 0.25) is 0 Å². The van der Waals surface area contributed by atoms with E-state index in [2.05, 4.69) is 31.3 Å². The van der Waals surface area contributed by atoms with E-state index < -0.39 is 20.0 Å². The fourth-order valence-corrected chi connectivity index (χ4v) is 8.94. The van der Waals surface area contributed by atoms with Gasteiger partial charge in [0.05, 0.1) is 39.9 Å². The molecule has 3 atom stereocenters. The molecule has 370 valence electrons. The smallest absolute Gasteiger partial charge is 0.268 e. The molecule has 1 amide bonds. The van der Waals surface area contributed by atoms with Crippen molar-refractivity contribution < 1.29 is 32.9 Å². The van der Waals surface area contributed by atoms with Crippen molar-refractivity contribution in [2.75, 3.05) is 40.9 Å². The molecule has 0 aromatic rings. The average Bonchev–Trinajstić information content (AvgIpc) is 3.23. The van der Waals surface area contributed by atoms with Crippen LogP contribution in [0.4, 0.5) is 0 Å². The second-order valence-electron chi connectivity index (χ2n) is 19.9. The van der Waals surface area contributed by atoms with Gasteiger partial charge in [0.25, 0.3) is 7.82 Å². The third-order valence-electron chi connectivity index (χ3n) is 12.5. The van der Waals surface area contributed by atoms with Crippen LogP contribution in [0.25, 0.3) is 0 Å². The summed E-state index contributed by atoms with van der Waals surface area (Å²) in [6, 6.07) is -0.798. The van der Waals surface area contributed by atoms with E-state index in [1.54, 1.807) is 0 Å². The average molecular weight is 899 g/mol. The van der Waals surface area contributed by atoms with Crippen molar-refractivity contribution in [2.45, 2.75) is 283 Å². The van der Waals surface area contributed by atoms with Crippen molar-refractivity contribution in [3.05, 3.63) is 12.2 Å². The van der Waals surface area contributed by atoms with Gasteiger partial charge in [-0.05, 0) is 38.5 Å². The van der Waals surface area contributed by atoms with Gasteiger partial charge in [0, 0.05) is 6.42 Å². The van der Waals surface area contributed by atoms with Crippen LogP contribution in [-0.2, 0) is 18.4 Å². The molecule has 0 aliphatic carbocycles. The lowest BCUT2D eigenvalue weighted by Crippen LogP contribution is -2.46. The first-order valence-electron chi connectivity index (χ1n) is 27.0. The zero-order valence-corrected chi connectivity index (χ0v) is 43.0. The number of phosphoric acid groups is 1. The van der Waals surface area contributed by atoms with E-state index in [1.807, 2.05) is 21.1 Å². The highest BCUT2D eigenvalue weighted by atomic mass is 31.2. The number of nitrogens with zero attached hydrogens (tertiary/aromatic N) is 1. The lowest BCUT2D eigenvalue weighted by atomic mass is 10.0. The number of quaternary nitrogens is 1. The van der Waals surface area contributed by atoms with Crippen LogP contribution in [0.3, 0.4) is 0 Å². The Morgan fingerprint density at radius 1 is 0.548 bits per heavy atom. The summed E-state index contributed by atoms with van der Waals surface area (Å²) in [7, 11) is 1.32. The molecule has 0 bridgehead atoms. The van der Waals surface area contributed by atoms with Crippen LogP contribution in [-0.4, -0.2) is 68.5 Å². The lowest BCUT2D eigenvalue weighted by molar-refractivity contribution is -0.870. The summed E-state index contributed by atoms with van der Waals surface area (Å²) in [5, 5.41) is 14.0. The first-order valence-corrected chi connectivity index (χ1v) is 28.5. The highest BCUT2D eigenvalue weighted by molar-refractivity contribution is 7.45. The number of hydrogen-bond donors (Lipinski definition) is 2. The van der Waals surface area contributed by atoms with Crippen molar-refractivity contribution in [1.82, 2.24) is 5.32 Å². The molecule has 0 aromatic carbocycles. The molecular formula is C53H107N2O6P. The summed E-state index contributed by atoms with van der Waals surface area (Å²) < 4.78 is 23.4. The van der Waals surface area contributed by atoms with Crippen LogP contribution in [0, 0.1) is 0 Å². The molecule has 0 rings (SSSR count). The van der Waals surface area contributed by atoms with Gasteiger partial charge in [0.2, 0.25) is 5.91 Å². The minimum Gasteiger partial charge on any atom is -0.756 e. The Kier molecular flexibility index (Phi) is 44.8. The second kappa shape index (κ2) is 45.4. The molecule has 0 aromatic heterocycles. The number of unbranched alkanes of at least 4 members (excludes halogenated alkanes) is 35. The van der Waals surface area contributed by atoms with Gasteiger partial charge in [-0.1, -0.05) is 238 Å². The van der Waals surface area contributed by atoms with Crippen molar-refractivity contribution in [2.24, 2.45) is 0 Å². The Morgan fingerprint density at radius 2 is 0.887 bits per heavy atom. The summed E-state index contributed by atoms with van der Waals surface area (Å²) in [4.78, 5) is 25.5. The van der Waals surface area contributed by atoms with Gasteiger partial charge in [-0.15, -0.1) is 0 Å². The molecule has 9 heteroatoms. The van der Waals surface area contributed by atoms with E-state index in [4.69, 9.17) is 9.05 Å². The van der Waals surface area contributed by atoms with E-state index in [1.165, 1.54) is 205 Å². The highest BCUT2D eigenvalue weighted by Crippen LogP contribution is 2.38. The topological polar surface area (TPSA) is 108 Å². The van der Waals surface area contributed by atoms with Gasteiger partial charge < -0.3 is 28.8 Å². The standard InChI is InChI=1S/C53H107N2O6P/c1-6-8-10-12-14-16-18-20-22-24-26-27-29-31-33-35-37-39-41-43-45-47-53(57)54-51(50-61-62(58,59)60-49-48-55(3,4)5)52(56)46-44-42-40-38-36-34-32-30-28-25-23-21-19-17-15-13-11-9-7-2/h24,26,51-52,56H,6-23,25,27-50H2,1-5H3,(H-,54,57,58,59)/b26-24-. The SMILES string of the molecule is CCCCCCCCCC/C=C\CCCCCCCCCCCC(=O)NC(COP(=O)([O-])OCC[N+](C)(C)C)C(O)CCCCCCCCCCCCCCCCCCCCC. The molecule has 62 heavy (non-hydrogen) atoms. The van der Waals surface area contributed by atoms with Gasteiger partial charge >= 0.3 is 0 Å². The van der Waals surface area contributed by atoms with Crippen molar-refractivity contribution in [1.29, 1.82) is 0 Å². The minimum absolute atomic E-state index is 0.0142. The number of phosphoric ester groups is 1. The summed E-state index contributed by atoms with van der Waals surface area (Å²) >= 11 is 0. The van der Waals surface area contributed by atoms with Crippen LogP contribution in [0.15, 0.2) is 12.2 Å². The number of carbonyl (C=O) groups is 1. The predicted octanol–water partition coefficient (Wildman–Crippen LogP) is 15.2. The van der Waals surface area contributed by atoms with E-state index in [0.29, 0.717) is 23.9 Å². The molecule has 0 spiro atoms. The van der Waals surface area contributed by atoms with Crippen LogP contribution >= 0.6 is 7.82 Å². The Morgan fingerprint density at radius 3 is 1.26 bits per heavy atom. The number of amides is 1. The van der Waals surface area contributed by atoms with Gasteiger partial charge in [0.15, 0.2) is 0 Å². The van der Waals surface area contributed by atoms with E-state index >= 15 is 0 Å². The van der Waals surface area contributed by atoms with Crippen molar-refractivity contribution in [3.63, 3.8) is 0 Å². The molecule has 0 saturated heterocycles. The quantitative estimate of drug-likeness (QED) is 0.0272. The first kappa shape index (κ1) is 61.2. The van der Waals surface area contributed by atoms with E-state index in [0.717, 1.165) is 38.5 Å². The number of likely N-dealkylation sites (N-methyl/N-ethyl adjacent to an activating group) is 1. The van der Waals surface area contributed by atoms with Crippen LogP contribution in [0.5, 0.6) is 0 Å². The fourth-order valence-electron chi connectivity index (χ4n) is 8.21. The number of carbonyl (C=O) groups excluding carboxylic acids is 1. The molecule has 2 N–H and O–H groups in total. The molecular weight excluding hydrogens is 792 g/mol. The van der Waals surface area contributed by atoms with Gasteiger partial charge in [-0.3, -0.25) is 9.36 Å². The maximum atomic E-state index is 13.0. The summed E-state index contributed by atoms with van der Waals surface area (Å²) in [5.74, 6) is -0.163. The third kappa shape index (κ3) is 47.2. The summed E-state index contributed by atoms with van der Waals surface area (Å²) in [6.45, 7) is 4.76. The Labute approximate surface area is 386 Å². The van der Waals surface area contributed by atoms with Crippen LogP contribution < -0.4 is 10.2 Å². The largest absolute Gasteiger partial charge is 0.756 e. The molecule has 0 aliphatic rings. The lowest BCUT2D eigenvalue weighted by Gasteiger charge is -2.30. The molecule has 0 heterocycles. The van der Waals surface area contributed by atoms with Gasteiger partial charge in [-0.2, -0.15) is 0 Å². The van der Waals surface area contributed by atoms with Crippen molar-refractivity contribution >= 4 is 13.7 Å². The predicted molar refractivity (Wildman–Crippen MR) is 266 cm³/mol. The molecule has 3 unspecified atom stereocenters. The monoisotopic (exact) mass is 899 g/mol.